The lowest BCUT2D eigenvalue weighted by Gasteiger charge is -2.29. The highest BCUT2D eigenvalue weighted by molar-refractivity contribution is 7.93. The van der Waals surface area contributed by atoms with Crippen molar-refractivity contribution < 1.29 is 27.9 Å². The fourth-order valence-electron chi connectivity index (χ4n) is 2.56. The topological polar surface area (TPSA) is 97.7 Å². The van der Waals surface area contributed by atoms with Crippen LogP contribution in [0.1, 0.15) is 31.7 Å². The van der Waals surface area contributed by atoms with Crippen molar-refractivity contribution in [3.05, 3.63) is 42.0 Å². The molecule has 1 heterocycles. The number of rotatable bonds is 6. The third-order valence-corrected chi connectivity index (χ3v) is 6.42. The standard InChI is InChI=1S/C17H20O6S/c1-12(17(19)20)24(21,22)15(14-8-5-9-16(18)23-14)11-10-13-6-3-2-4-7-13/h2-4,6-7,10-12,14-15H,5,8-9H2,1H3,(H,19,20). The van der Waals surface area contributed by atoms with Gasteiger partial charge in [0.2, 0.25) is 0 Å². The van der Waals surface area contributed by atoms with Crippen LogP contribution in [0.15, 0.2) is 36.4 Å². The zero-order chi connectivity index (χ0) is 17.7. The molecule has 1 aromatic carbocycles. The van der Waals surface area contributed by atoms with E-state index in [2.05, 4.69) is 0 Å². The molecular formula is C17H20O6S. The summed E-state index contributed by atoms with van der Waals surface area (Å²) in [5.74, 6) is -1.88. The van der Waals surface area contributed by atoms with E-state index in [9.17, 15) is 18.0 Å². The van der Waals surface area contributed by atoms with E-state index in [4.69, 9.17) is 9.84 Å². The molecule has 0 amide bonds. The molecule has 1 aliphatic rings. The third-order valence-electron chi connectivity index (χ3n) is 4.02. The maximum absolute atomic E-state index is 12.7. The number of carboxylic acids is 1. The first-order valence-corrected chi connectivity index (χ1v) is 9.31. The SMILES string of the molecule is CC(C(=O)O)S(=O)(=O)C(C=Cc1ccccc1)C1CCCC(=O)O1. The molecule has 6 nitrogen and oxygen atoms in total. The predicted octanol–water partition coefficient (Wildman–Crippen LogP) is 2.05. The van der Waals surface area contributed by atoms with Crippen LogP contribution in [0.2, 0.25) is 0 Å². The molecule has 1 aromatic rings. The van der Waals surface area contributed by atoms with Crippen molar-refractivity contribution in [2.24, 2.45) is 0 Å². The summed E-state index contributed by atoms with van der Waals surface area (Å²) >= 11 is 0. The summed E-state index contributed by atoms with van der Waals surface area (Å²) in [6.45, 7) is 1.13. The minimum absolute atomic E-state index is 0.250. The van der Waals surface area contributed by atoms with E-state index in [1.165, 1.54) is 6.08 Å². The second-order valence-electron chi connectivity index (χ2n) is 5.72. The maximum Gasteiger partial charge on any atom is 0.321 e. The van der Waals surface area contributed by atoms with Crippen molar-refractivity contribution in [1.82, 2.24) is 0 Å². The van der Waals surface area contributed by atoms with Crippen LogP contribution < -0.4 is 0 Å². The summed E-state index contributed by atoms with van der Waals surface area (Å²) < 4.78 is 30.5. The quantitative estimate of drug-likeness (QED) is 0.787. The number of esters is 1. The number of carboxylic acid groups (broad SMARTS) is 1. The fourth-order valence-corrected chi connectivity index (χ4v) is 4.22. The Morgan fingerprint density at radius 3 is 2.58 bits per heavy atom. The van der Waals surface area contributed by atoms with Crippen LogP contribution in [0.4, 0.5) is 0 Å². The van der Waals surface area contributed by atoms with Gasteiger partial charge in [0.1, 0.15) is 11.4 Å². The van der Waals surface area contributed by atoms with Gasteiger partial charge >= 0.3 is 11.9 Å². The number of ether oxygens (including phenoxy) is 1. The molecule has 0 bridgehead atoms. The molecule has 0 radical (unpaired) electrons. The van der Waals surface area contributed by atoms with Crippen molar-refractivity contribution in [3.8, 4) is 0 Å². The molecule has 1 saturated heterocycles. The minimum Gasteiger partial charge on any atom is -0.480 e. The first kappa shape index (κ1) is 18.2. The van der Waals surface area contributed by atoms with Gasteiger partial charge in [-0.15, -0.1) is 0 Å². The molecule has 0 saturated carbocycles. The molecule has 24 heavy (non-hydrogen) atoms. The molecule has 0 spiro atoms. The van der Waals surface area contributed by atoms with E-state index in [0.29, 0.717) is 12.8 Å². The highest BCUT2D eigenvalue weighted by Crippen LogP contribution is 2.25. The van der Waals surface area contributed by atoms with E-state index in [-0.39, 0.29) is 6.42 Å². The van der Waals surface area contributed by atoms with Crippen LogP contribution in [0.5, 0.6) is 0 Å². The largest absolute Gasteiger partial charge is 0.480 e. The van der Waals surface area contributed by atoms with Crippen molar-refractivity contribution >= 4 is 27.9 Å². The maximum atomic E-state index is 12.7. The zero-order valence-corrected chi connectivity index (χ0v) is 14.1. The van der Waals surface area contributed by atoms with Crippen LogP contribution in [-0.4, -0.2) is 42.1 Å². The normalized spacial score (nSPS) is 21.2. The lowest BCUT2D eigenvalue weighted by Crippen LogP contribution is -2.44. The average molecular weight is 352 g/mol. The number of hydrogen-bond acceptors (Lipinski definition) is 5. The number of carbonyl (C=O) groups is 2. The van der Waals surface area contributed by atoms with Gasteiger partial charge in [-0.25, -0.2) is 8.42 Å². The Balaban J connectivity index is 2.36. The van der Waals surface area contributed by atoms with Crippen LogP contribution in [-0.2, 0) is 24.2 Å². The molecule has 130 valence electrons. The van der Waals surface area contributed by atoms with Crippen molar-refractivity contribution in [1.29, 1.82) is 0 Å². The first-order chi connectivity index (χ1) is 11.3. The van der Waals surface area contributed by atoms with Gasteiger partial charge < -0.3 is 9.84 Å². The molecule has 3 unspecified atom stereocenters. The van der Waals surface area contributed by atoms with Gasteiger partial charge in [-0.1, -0.05) is 42.5 Å². The molecule has 7 heteroatoms. The summed E-state index contributed by atoms with van der Waals surface area (Å²) in [5.41, 5.74) is 0.780. The molecule has 1 aliphatic heterocycles. The van der Waals surface area contributed by atoms with Gasteiger partial charge in [-0.3, -0.25) is 9.59 Å². The number of carbonyl (C=O) groups excluding carboxylic acids is 1. The van der Waals surface area contributed by atoms with Gasteiger partial charge in [0.05, 0.1) is 0 Å². The van der Waals surface area contributed by atoms with Gasteiger partial charge in [0.25, 0.3) is 0 Å². The smallest absolute Gasteiger partial charge is 0.321 e. The highest BCUT2D eigenvalue weighted by Gasteiger charge is 2.41. The number of benzene rings is 1. The fraction of sp³-hybridized carbons (Fsp3) is 0.412. The second kappa shape index (κ2) is 7.61. The van der Waals surface area contributed by atoms with Crippen LogP contribution >= 0.6 is 0 Å². The van der Waals surface area contributed by atoms with Crippen LogP contribution in [0, 0.1) is 0 Å². The lowest BCUT2D eigenvalue weighted by molar-refractivity contribution is -0.153. The molecule has 1 N–H and O–H groups in total. The van der Waals surface area contributed by atoms with Gasteiger partial charge in [-0.2, -0.15) is 0 Å². The van der Waals surface area contributed by atoms with Gasteiger partial charge in [-0.05, 0) is 25.3 Å². The Labute approximate surface area is 141 Å². The summed E-state index contributed by atoms with van der Waals surface area (Å²) in [6.07, 6.45) is 3.34. The Bertz CT molecular complexity index is 723. The van der Waals surface area contributed by atoms with Crippen molar-refractivity contribution in [2.45, 2.75) is 42.8 Å². The van der Waals surface area contributed by atoms with E-state index in [1.54, 1.807) is 18.2 Å². The first-order valence-electron chi connectivity index (χ1n) is 7.70. The number of aliphatic carboxylic acids is 1. The summed E-state index contributed by atoms with van der Waals surface area (Å²) in [5, 5.41) is 6.32. The Hall–Kier alpha value is -2.15. The van der Waals surface area contributed by atoms with Crippen LogP contribution in [0.3, 0.4) is 0 Å². The lowest BCUT2D eigenvalue weighted by atomic mass is 10.0. The number of hydrogen-bond donors (Lipinski definition) is 1. The predicted molar refractivity (Wildman–Crippen MR) is 89.0 cm³/mol. The van der Waals surface area contributed by atoms with Gasteiger partial charge in [0, 0.05) is 6.42 Å². The average Bonchev–Trinajstić information content (AvgIpc) is 2.55. The summed E-state index contributed by atoms with van der Waals surface area (Å²) in [4.78, 5) is 22.7. The highest BCUT2D eigenvalue weighted by atomic mass is 32.2. The molecule has 0 aliphatic carbocycles. The summed E-state index contributed by atoms with van der Waals surface area (Å²) in [7, 11) is -4.06. The van der Waals surface area contributed by atoms with E-state index in [1.807, 2.05) is 18.2 Å². The Morgan fingerprint density at radius 1 is 1.33 bits per heavy atom. The van der Waals surface area contributed by atoms with Crippen molar-refractivity contribution in [3.63, 3.8) is 0 Å². The van der Waals surface area contributed by atoms with E-state index < -0.39 is 38.4 Å². The molecule has 1 fully saturated rings. The second-order valence-corrected chi connectivity index (χ2v) is 8.15. The van der Waals surface area contributed by atoms with Gasteiger partial charge in [0.15, 0.2) is 15.1 Å². The van der Waals surface area contributed by atoms with E-state index in [0.717, 1.165) is 12.5 Å². The van der Waals surface area contributed by atoms with Crippen LogP contribution in [0.25, 0.3) is 6.08 Å². The van der Waals surface area contributed by atoms with E-state index >= 15 is 0 Å². The minimum atomic E-state index is -4.06. The molecule has 0 aromatic heterocycles. The third kappa shape index (κ3) is 4.23. The number of sulfone groups is 1. The number of cyclic esters (lactones) is 1. The Kier molecular flexibility index (Phi) is 5.77. The zero-order valence-electron chi connectivity index (χ0n) is 13.3. The molecule has 2 rings (SSSR count). The Morgan fingerprint density at radius 2 is 2.00 bits per heavy atom. The monoisotopic (exact) mass is 352 g/mol. The summed E-state index contributed by atoms with van der Waals surface area (Å²) in [6, 6.07) is 9.05. The molecular weight excluding hydrogens is 332 g/mol. The molecule has 3 atom stereocenters. The van der Waals surface area contributed by atoms with Crippen molar-refractivity contribution in [2.75, 3.05) is 0 Å².